The number of fused-ring (bicyclic) bond motifs is 1. The van der Waals surface area contributed by atoms with Crippen molar-refractivity contribution in [3.05, 3.63) is 89.2 Å². The zero-order valence-corrected chi connectivity index (χ0v) is 18.1. The highest BCUT2D eigenvalue weighted by Gasteiger charge is 2.14. The molecular formula is C23H22ClN3O2S. The number of hydrogen-bond donors (Lipinski definition) is 1. The molecule has 7 heteroatoms. The molecule has 0 aliphatic rings. The molecule has 0 bridgehead atoms. The number of sulfonamides is 1. The summed E-state index contributed by atoms with van der Waals surface area (Å²) in [6.45, 7) is 3.00. The van der Waals surface area contributed by atoms with Crippen LogP contribution in [0.3, 0.4) is 0 Å². The summed E-state index contributed by atoms with van der Waals surface area (Å²) in [5, 5.41) is 0.495. The van der Waals surface area contributed by atoms with Crippen molar-refractivity contribution in [2.75, 3.05) is 4.72 Å². The monoisotopic (exact) mass is 439 g/mol. The van der Waals surface area contributed by atoms with Gasteiger partial charge in [-0.3, -0.25) is 4.72 Å². The second-order valence-corrected chi connectivity index (χ2v) is 9.14. The first-order chi connectivity index (χ1) is 14.5. The van der Waals surface area contributed by atoms with Crippen molar-refractivity contribution in [2.24, 2.45) is 0 Å². The second-order valence-electron chi connectivity index (χ2n) is 7.02. The number of nitrogens with one attached hydrogen (secondary N) is 1. The third-order valence-corrected chi connectivity index (χ3v) is 6.67. The van der Waals surface area contributed by atoms with E-state index in [-0.39, 0.29) is 4.90 Å². The molecule has 0 spiro atoms. The van der Waals surface area contributed by atoms with Crippen LogP contribution in [-0.2, 0) is 29.4 Å². The summed E-state index contributed by atoms with van der Waals surface area (Å²) in [5.41, 5.74) is 3.82. The smallest absolute Gasteiger partial charge is 0.261 e. The number of aromatic nitrogens is 2. The van der Waals surface area contributed by atoms with E-state index in [0.717, 1.165) is 41.8 Å². The topological polar surface area (TPSA) is 64.0 Å². The van der Waals surface area contributed by atoms with Gasteiger partial charge in [-0.1, -0.05) is 35.9 Å². The van der Waals surface area contributed by atoms with Crippen LogP contribution < -0.4 is 4.72 Å². The third kappa shape index (κ3) is 4.35. The molecule has 0 atom stereocenters. The molecule has 1 N–H and O–H groups in total. The van der Waals surface area contributed by atoms with E-state index < -0.39 is 10.0 Å². The van der Waals surface area contributed by atoms with Crippen molar-refractivity contribution in [1.29, 1.82) is 0 Å². The highest BCUT2D eigenvalue weighted by Crippen LogP contribution is 2.20. The van der Waals surface area contributed by atoms with E-state index in [1.165, 1.54) is 12.1 Å². The van der Waals surface area contributed by atoms with Gasteiger partial charge in [0, 0.05) is 23.7 Å². The second kappa shape index (κ2) is 8.50. The lowest BCUT2D eigenvalue weighted by Gasteiger charge is -2.09. The third-order valence-electron chi connectivity index (χ3n) is 5.02. The lowest BCUT2D eigenvalue weighted by Crippen LogP contribution is -2.12. The highest BCUT2D eigenvalue weighted by molar-refractivity contribution is 7.92. The lowest BCUT2D eigenvalue weighted by molar-refractivity contribution is 0.601. The van der Waals surface area contributed by atoms with Crippen LogP contribution >= 0.6 is 11.6 Å². The number of anilines is 1. The molecule has 154 valence electrons. The summed E-state index contributed by atoms with van der Waals surface area (Å²) < 4.78 is 29.8. The van der Waals surface area contributed by atoms with Crippen molar-refractivity contribution in [1.82, 2.24) is 9.55 Å². The largest absolute Gasteiger partial charge is 0.328 e. The lowest BCUT2D eigenvalue weighted by atomic mass is 10.1. The number of rotatable bonds is 7. The minimum Gasteiger partial charge on any atom is -0.328 e. The number of para-hydroxylation sites is 2. The number of nitrogens with zero attached hydrogens (tertiary/aromatic N) is 2. The van der Waals surface area contributed by atoms with Crippen molar-refractivity contribution >= 4 is 38.3 Å². The predicted molar refractivity (Wildman–Crippen MR) is 122 cm³/mol. The van der Waals surface area contributed by atoms with E-state index in [9.17, 15) is 8.42 Å². The van der Waals surface area contributed by atoms with Gasteiger partial charge in [-0.25, -0.2) is 13.4 Å². The molecule has 3 aromatic carbocycles. The van der Waals surface area contributed by atoms with Crippen molar-refractivity contribution in [3.63, 3.8) is 0 Å². The van der Waals surface area contributed by atoms with Gasteiger partial charge in [0.1, 0.15) is 5.82 Å². The Morgan fingerprint density at radius 2 is 1.63 bits per heavy atom. The van der Waals surface area contributed by atoms with Crippen LogP contribution in [-0.4, -0.2) is 18.0 Å². The molecule has 4 aromatic rings. The number of halogens is 1. The number of benzene rings is 3. The Balaban J connectivity index is 1.45. The van der Waals surface area contributed by atoms with Gasteiger partial charge in [-0.05, 0) is 67.4 Å². The summed E-state index contributed by atoms with van der Waals surface area (Å²) in [5.74, 6) is 1.06. The Kier molecular flexibility index (Phi) is 5.79. The van der Waals surface area contributed by atoms with Gasteiger partial charge in [-0.15, -0.1) is 0 Å². The van der Waals surface area contributed by atoms with E-state index in [2.05, 4.69) is 22.3 Å². The zero-order chi connectivity index (χ0) is 21.1. The SMILES string of the molecule is CCn1c(CCc2ccc(NS(=O)(=O)c3ccc(Cl)cc3)cc2)nc2ccccc21. The summed E-state index contributed by atoms with van der Waals surface area (Å²) in [7, 11) is -3.64. The molecule has 5 nitrogen and oxygen atoms in total. The maximum atomic E-state index is 12.5. The Morgan fingerprint density at radius 3 is 2.33 bits per heavy atom. The Morgan fingerprint density at radius 1 is 0.933 bits per heavy atom. The van der Waals surface area contributed by atoms with Crippen molar-refractivity contribution in [3.8, 4) is 0 Å². The first-order valence-electron chi connectivity index (χ1n) is 9.78. The van der Waals surface area contributed by atoms with E-state index in [0.29, 0.717) is 10.7 Å². The van der Waals surface area contributed by atoms with E-state index >= 15 is 0 Å². The van der Waals surface area contributed by atoms with Crippen LogP contribution in [0.15, 0.2) is 77.7 Å². The average Bonchev–Trinajstić information content (AvgIpc) is 3.11. The molecule has 0 saturated heterocycles. The Hall–Kier alpha value is -2.83. The average molecular weight is 440 g/mol. The van der Waals surface area contributed by atoms with Gasteiger partial charge in [0.25, 0.3) is 10.0 Å². The molecule has 0 aliphatic heterocycles. The molecule has 1 aromatic heterocycles. The fourth-order valence-electron chi connectivity index (χ4n) is 3.49. The number of aryl methyl sites for hydroxylation is 3. The number of hydrogen-bond acceptors (Lipinski definition) is 3. The quantitative estimate of drug-likeness (QED) is 0.425. The maximum Gasteiger partial charge on any atom is 0.261 e. The molecular weight excluding hydrogens is 418 g/mol. The first kappa shape index (κ1) is 20.4. The van der Waals surface area contributed by atoms with E-state index in [4.69, 9.17) is 16.6 Å². The zero-order valence-electron chi connectivity index (χ0n) is 16.5. The molecule has 0 amide bonds. The molecule has 0 saturated carbocycles. The molecule has 0 aliphatic carbocycles. The molecule has 0 radical (unpaired) electrons. The van der Waals surface area contributed by atoms with Gasteiger partial charge < -0.3 is 4.57 Å². The van der Waals surface area contributed by atoms with Crippen LogP contribution in [0.4, 0.5) is 5.69 Å². The maximum absolute atomic E-state index is 12.5. The summed E-state index contributed by atoms with van der Waals surface area (Å²) >= 11 is 5.83. The van der Waals surface area contributed by atoms with Gasteiger partial charge in [-0.2, -0.15) is 0 Å². The minimum atomic E-state index is -3.64. The van der Waals surface area contributed by atoms with Crippen molar-refractivity contribution < 1.29 is 8.42 Å². The first-order valence-corrected chi connectivity index (χ1v) is 11.6. The van der Waals surface area contributed by atoms with Crippen LogP contribution in [0, 0.1) is 0 Å². The fourth-order valence-corrected chi connectivity index (χ4v) is 4.68. The van der Waals surface area contributed by atoms with Crippen LogP contribution in [0.2, 0.25) is 5.02 Å². The molecule has 0 unspecified atom stereocenters. The summed E-state index contributed by atoms with van der Waals surface area (Å²) in [6, 6.07) is 21.7. The highest BCUT2D eigenvalue weighted by atomic mass is 35.5. The minimum absolute atomic E-state index is 0.175. The molecule has 1 heterocycles. The standard InChI is InChI=1S/C23H22ClN3O2S/c1-2-27-22-6-4-3-5-21(22)25-23(27)16-9-17-7-12-19(13-8-17)26-30(28,29)20-14-10-18(24)11-15-20/h3-8,10-15,26H,2,9,16H2,1H3. The summed E-state index contributed by atoms with van der Waals surface area (Å²) in [6.07, 6.45) is 1.64. The fraction of sp³-hybridized carbons (Fsp3) is 0.174. The van der Waals surface area contributed by atoms with Gasteiger partial charge >= 0.3 is 0 Å². The van der Waals surface area contributed by atoms with Crippen LogP contribution in [0.25, 0.3) is 11.0 Å². The molecule has 0 fully saturated rings. The van der Waals surface area contributed by atoms with Crippen LogP contribution in [0.5, 0.6) is 0 Å². The molecule has 30 heavy (non-hydrogen) atoms. The van der Waals surface area contributed by atoms with E-state index in [1.54, 1.807) is 24.3 Å². The van der Waals surface area contributed by atoms with E-state index in [1.807, 2.05) is 30.3 Å². The predicted octanol–water partition coefficient (Wildman–Crippen LogP) is 5.30. The van der Waals surface area contributed by atoms with Gasteiger partial charge in [0.15, 0.2) is 0 Å². The Bertz CT molecular complexity index is 1260. The summed E-state index contributed by atoms with van der Waals surface area (Å²) in [4.78, 5) is 4.94. The van der Waals surface area contributed by atoms with Crippen LogP contribution in [0.1, 0.15) is 18.3 Å². The Labute approximate surface area is 181 Å². The normalized spacial score (nSPS) is 11.7. The number of imidazole rings is 1. The van der Waals surface area contributed by atoms with Gasteiger partial charge in [0.05, 0.1) is 15.9 Å². The van der Waals surface area contributed by atoms with Crippen molar-refractivity contribution in [2.45, 2.75) is 31.2 Å². The van der Waals surface area contributed by atoms with Gasteiger partial charge in [0.2, 0.25) is 0 Å². The molecule has 4 rings (SSSR count).